The fourth-order valence-electron chi connectivity index (χ4n) is 1.51. The van der Waals surface area contributed by atoms with Crippen LogP contribution in [0.5, 0.6) is 5.75 Å². The number of hydrogen-bond donors (Lipinski definition) is 2. The van der Waals surface area contributed by atoms with Gasteiger partial charge in [-0.15, -0.1) is 0 Å². The molecular formula is C14H17ClN2O4. The smallest absolute Gasteiger partial charge is 0.321 e. The van der Waals surface area contributed by atoms with E-state index in [0.29, 0.717) is 5.02 Å². The van der Waals surface area contributed by atoms with Crippen molar-refractivity contribution in [1.82, 2.24) is 10.6 Å². The second-order valence-electron chi connectivity index (χ2n) is 4.66. The molecule has 0 saturated heterocycles. The van der Waals surface area contributed by atoms with E-state index in [0.717, 1.165) is 0 Å². The van der Waals surface area contributed by atoms with E-state index in [9.17, 15) is 14.4 Å². The molecule has 0 bridgehead atoms. The highest BCUT2D eigenvalue weighted by molar-refractivity contribution is 6.31. The van der Waals surface area contributed by atoms with Crippen molar-refractivity contribution in [2.45, 2.75) is 26.8 Å². The number of ketones is 1. The van der Waals surface area contributed by atoms with E-state index in [4.69, 9.17) is 16.3 Å². The first-order chi connectivity index (χ1) is 9.79. The number of imide groups is 1. The highest BCUT2D eigenvalue weighted by Gasteiger charge is 2.13. The highest BCUT2D eigenvalue weighted by Crippen LogP contribution is 2.23. The van der Waals surface area contributed by atoms with Gasteiger partial charge in [-0.25, -0.2) is 4.79 Å². The Morgan fingerprint density at radius 2 is 1.95 bits per heavy atom. The van der Waals surface area contributed by atoms with E-state index >= 15 is 0 Å². The summed E-state index contributed by atoms with van der Waals surface area (Å²) in [5.74, 6) is -0.602. The normalized spacial score (nSPS) is 10.1. The molecule has 0 unspecified atom stereocenters. The van der Waals surface area contributed by atoms with Crippen molar-refractivity contribution in [3.05, 3.63) is 28.8 Å². The summed E-state index contributed by atoms with van der Waals surface area (Å²) in [6.07, 6.45) is 0. The molecule has 0 atom stereocenters. The summed E-state index contributed by atoms with van der Waals surface area (Å²) in [6.45, 7) is 4.53. The van der Waals surface area contributed by atoms with E-state index < -0.39 is 11.9 Å². The van der Waals surface area contributed by atoms with Gasteiger partial charge in [0, 0.05) is 11.1 Å². The first-order valence-electron chi connectivity index (χ1n) is 6.33. The zero-order valence-corrected chi connectivity index (χ0v) is 12.8. The van der Waals surface area contributed by atoms with Crippen LogP contribution in [0.4, 0.5) is 4.79 Å². The quantitative estimate of drug-likeness (QED) is 0.816. The number of urea groups is 1. The van der Waals surface area contributed by atoms with Gasteiger partial charge in [0.2, 0.25) is 0 Å². The Morgan fingerprint density at radius 1 is 1.29 bits per heavy atom. The molecule has 0 spiro atoms. The lowest BCUT2D eigenvalue weighted by Crippen LogP contribution is -2.44. The van der Waals surface area contributed by atoms with Crippen molar-refractivity contribution >= 4 is 29.3 Å². The largest absolute Gasteiger partial charge is 0.483 e. The molecule has 114 valence electrons. The van der Waals surface area contributed by atoms with Gasteiger partial charge in [0.25, 0.3) is 5.91 Å². The number of ether oxygens (including phenoxy) is 1. The van der Waals surface area contributed by atoms with Crippen molar-refractivity contribution in [1.29, 1.82) is 0 Å². The van der Waals surface area contributed by atoms with E-state index in [1.165, 1.54) is 19.1 Å². The molecule has 21 heavy (non-hydrogen) atoms. The van der Waals surface area contributed by atoms with Gasteiger partial charge in [-0.2, -0.15) is 0 Å². The topological polar surface area (TPSA) is 84.5 Å². The molecule has 0 aromatic heterocycles. The summed E-state index contributed by atoms with van der Waals surface area (Å²) in [6, 6.07) is 3.83. The van der Waals surface area contributed by atoms with Crippen LogP contribution in [0.3, 0.4) is 0 Å². The zero-order chi connectivity index (χ0) is 16.0. The number of benzene rings is 1. The van der Waals surface area contributed by atoms with Crippen LogP contribution >= 0.6 is 11.6 Å². The molecule has 7 heteroatoms. The van der Waals surface area contributed by atoms with Crippen LogP contribution in [-0.2, 0) is 4.79 Å². The first-order valence-corrected chi connectivity index (χ1v) is 6.71. The number of nitrogens with one attached hydrogen (secondary N) is 2. The van der Waals surface area contributed by atoms with Crippen molar-refractivity contribution in [3.8, 4) is 5.75 Å². The third kappa shape index (κ3) is 5.83. The Kier molecular flexibility index (Phi) is 6.17. The SMILES string of the molecule is CC(=O)c1cc(Cl)ccc1OCC(=O)NC(=O)NC(C)C. The molecule has 1 rings (SSSR count). The maximum Gasteiger partial charge on any atom is 0.321 e. The highest BCUT2D eigenvalue weighted by atomic mass is 35.5. The Bertz CT molecular complexity index is 558. The summed E-state index contributed by atoms with van der Waals surface area (Å²) in [4.78, 5) is 34.3. The molecule has 0 aliphatic carbocycles. The monoisotopic (exact) mass is 312 g/mol. The van der Waals surface area contributed by atoms with Gasteiger partial charge in [-0.05, 0) is 39.0 Å². The maximum absolute atomic E-state index is 11.5. The molecule has 0 fully saturated rings. The molecule has 1 aromatic rings. The molecule has 3 amide bonds. The van der Waals surface area contributed by atoms with Crippen molar-refractivity contribution in [3.63, 3.8) is 0 Å². The molecule has 0 saturated carbocycles. The van der Waals surface area contributed by atoms with Gasteiger partial charge in [0.1, 0.15) is 5.75 Å². The summed E-state index contributed by atoms with van der Waals surface area (Å²) in [5, 5.41) is 5.02. The summed E-state index contributed by atoms with van der Waals surface area (Å²) < 4.78 is 5.25. The number of rotatable bonds is 5. The standard InChI is InChI=1S/C14H17ClN2O4/c1-8(2)16-14(20)17-13(19)7-21-12-5-4-10(15)6-11(12)9(3)18/h4-6,8H,7H2,1-3H3,(H2,16,17,19,20). The second-order valence-corrected chi connectivity index (χ2v) is 5.10. The van der Waals surface area contributed by atoms with Crippen LogP contribution in [0.25, 0.3) is 0 Å². The van der Waals surface area contributed by atoms with E-state index in [1.807, 2.05) is 0 Å². The van der Waals surface area contributed by atoms with Crippen LogP contribution in [0.15, 0.2) is 18.2 Å². The lowest BCUT2D eigenvalue weighted by molar-refractivity contribution is -0.122. The predicted molar refractivity (Wildman–Crippen MR) is 78.8 cm³/mol. The van der Waals surface area contributed by atoms with Gasteiger partial charge in [-0.1, -0.05) is 11.6 Å². The van der Waals surface area contributed by atoms with Crippen molar-refractivity contribution in [2.75, 3.05) is 6.61 Å². The molecule has 0 radical (unpaired) electrons. The fraction of sp³-hybridized carbons (Fsp3) is 0.357. The first kappa shape index (κ1) is 17.0. The summed E-state index contributed by atoms with van der Waals surface area (Å²) >= 11 is 5.80. The molecule has 0 heterocycles. The average molecular weight is 313 g/mol. The molecular weight excluding hydrogens is 296 g/mol. The molecule has 0 aliphatic heterocycles. The molecule has 1 aromatic carbocycles. The number of hydrogen-bond acceptors (Lipinski definition) is 4. The third-order valence-electron chi connectivity index (χ3n) is 2.35. The minimum Gasteiger partial charge on any atom is -0.483 e. The van der Waals surface area contributed by atoms with Crippen molar-refractivity contribution in [2.24, 2.45) is 0 Å². The lowest BCUT2D eigenvalue weighted by Gasteiger charge is -2.11. The van der Waals surface area contributed by atoms with Crippen LogP contribution in [0, 0.1) is 0 Å². The minimum atomic E-state index is -0.613. The van der Waals surface area contributed by atoms with Gasteiger partial charge < -0.3 is 10.1 Å². The predicted octanol–water partition coefficient (Wildman–Crippen LogP) is 2.16. The van der Waals surface area contributed by atoms with Crippen LogP contribution in [0.2, 0.25) is 5.02 Å². The number of halogens is 1. The van der Waals surface area contributed by atoms with E-state index in [-0.39, 0.29) is 29.7 Å². The van der Waals surface area contributed by atoms with Crippen LogP contribution < -0.4 is 15.4 Å². The number of amides is 3. The van der Waals surface area contributed by atoms with Gasteiger partial charge >= 0.3 is 6.03 Å². The minimum absolute atomic E-state index is 0.0840. The number of carbonyl (C=O) groups excluding carboxylic acids is 3. The van der Waals surface area contributed by atoms with E-state index in [2.05, 4.69) is 10.6 Å². The number of Topliss-reactive ketones (excluding diaryl/α,β-unsaturated/α-hetero) is 1. The summed E-state index contributed by atoms with van der Waals surface area (Å²) in [5.41, 5.74) is 0.280. The van der Waals surface area contributed by atoms with Crippen LogP contribution in [0.1, 0.15) is 31.1 Å². The molecule has 6 nitrogen and oxygen atoms in total. The zero-order valence-electron chi connectivity index (χ0n) is 12.0. The van der Waals surface area contributed by atoms with Crippen LogP contribution in [-0.4, -0.2) is 30.4 Å². The number of carbonyl (C=O) groups is 3. The average Bonchev–Trinajstić information content (AvgIpc) is 2.35. The summed E-state index contributed by atoms with van der Waals surface area (Å²) in [7, 11) is 0. The van der Waals surface area contributed by atoms with E-state index in [1.54, 1.807) is 19.9 Å². The molecule has 2 N–H and O–H groups in total. The fourth-order valence-corrected chi connectivity index (χ4v) is 1.68. The van der Waals surface area contributed by atoms with Crippen molar-refractivity contribution < 1.29 is 19.1 Å². The lowest BCUT2D eigenvalue weighted by atomic mass is 10.1. The Hall–Kier alpha value is -2.08. The second kappa shape index (κ2) is 7.64. The Balaban J connectivity index is 2.61. The molecule has 0 aliphatic rings. The van der Waals surface area contributed by atoms with Gasteiger partial charge in [0.15, 0.2) is 12.4 Å². The maximum atomic E-state index is 11.5. The van der Waals surface area contributed by atoms with Gasteiger partial charge in [-0.3, -0.25) is 14.9 Å². The third-order valence-corrected chi connectivity index (χ3v) is 2.59. The Labute approximate surface area is 127 Å². The van der Waals surface area contributed by atoms with Gasteiger partial charge in [0.05, 0.1) is 5.56 Å². The Morgan fingerprint density at radius 3 is 2.52 bits per heavy atom.